The topological polar surface area (TPSA) is 78.4 Å². The van der Waals surface area contributed by atoms with Gasteiger partial charge in [0.1, 0.15) is 11.9 Å². The van der Waals surface area contributed by atoms with Crippen LogP contribution < -0.4 is 10.6 Å². The number of urea groups is 1. The van der Waals surface area contributed by atoms with Crippen LogP contribution >= 0.6 is 15.9 Å². The average molecular weight is 333 g/mol. The van der Waals surface area contributed by atoms with Crippen molar-refractivity contribution in [2.45, 2.75) is 25.8 Å². The molecule has 0 spiro atoms. The number of carbonyl (C=O) groups excluding carboxylic acids is 1. The smallest absolute Gasteiger partial charge is 0.326 e. The minimum atomic E-state index is -1.10. The lowest BCUT2D eigenvalue weighted by molar-refractivity contribution is -0.139. The number of carboxylic acids is 1. The SMILES string of the molecule is CCCC(NC(=O)Nc1cc(F)ccc1Br)C(=O)O. The molecule has 0 saturated carbocycles. The molecule has 3 N–H and O–H groups in total. The molecule has 19 heavy (non-hydrogen) atoms. The van der Waals surface area contributed by atoms with Crippen molar-refractivity contribution in [3.05, 3.63) is 28.5 Å². The fourth-order valence-corrected chi connectivity index (χ4v) is 1.80. The third-order valence-corrected chi connectivity index (χ3v) is 3.05. The zero-order valence-electron chi connectivity index (χ0n) is 10.2. The van der Waals surface area contributed by atoms with E-state index in [2.05, 4.69) is 26.6 Å². The molecule has 5 nitrogen and oxygen atoms in total. The normalized spacial score (nSPS) is 11.7. The summed E-state index contributed by atoms with van der Waals surface area (Å²) in [5, 5.41) is 13.6. The lowest BCUT2D eigenvalue weighted by Crippen LogP contribution is -2.42. The number of halogens is 2. The number of benzene rings is 1. The molecule has 0 bridgehead atoms. The minimum Gasteiger partial charge on any atom is -0.480 e. The Morgan fingerprint density at radius 2 is 2.16 bits per heavy atom. The van der Waals surface area contributed by atoms with Gasteiger partial charge in [0, 0.05) is 4.47 Å². The van der Waals surface area contributed by atoms with E-state index in [9.17, 15) is 14.0 Å². The zero-order chi connectivity index (χ0) is 14.4. The molecule has 0 fully saturated rings. The van der Waals surface area contributed by atoms with Crippen molar-refractivity contribution < 1.29 is 19.1 Å². The number of hydrogen-bond donors (Lipinski definition) is 3. The zero-order valence-corrected chi connectivity index (χ0v) is 11.8. The molecule has 7 heteroatoms. The molecule has 0 saturated heterocycles. The summed E-state index contributed by atoms with van der Waals surface area (Å²) in [5.74, 6) is -1.60. The summed E-state index contributed by atoms with van der Waals surface area (Å²) in [7, 11) is 0. The van der Waals surface area contributed by atoms with Crippen LogP contribution in [-0.2, 0) is 4.79 Å². The number of amides is 2. The molecule has 1 atom stereocenters. The number of carbonyl (C=O) groups is 2. The Bertz CT molecular complexity index is 482. The first-order valence-electron chi connectivity index (χ1n) is 5.69. The Labute approximate surface area is 118 Å². The van der Waals surface area contributed by atoms with Gasteiger partial charge in [-0.25, -0.2) is 14.0 Å². The Hall–Kier alpha value is -1.63. The first-order valence-corrected chi connectivity index (χ1v) is 6.48. The molecule has 0 radical (unpaired) electrons. The molecule has 1 rings (SSSR count). The molecule has 0 aliphatic carbocycles. The van der Waals surface area contributed by atoms with Gasteiger partial charge in [-0.2, -0.15) is 0 Å². The van der Waals surface area contributed by atoms with Crippen LogP contribution in [0, 0.1) is 5.82 Å². The van der Waals surface area contributed by atoms with Gasteiger partial charge in [0.15, 0.2) is 0 Å². The van der Waals surface area contributed by atoms with Gasteiger partial charge >= 0.3 is 12.0 Å². The fourth-order valence-electron chi connectivity index (χ4n) is 1.46. The number of hydrogen-bond acceptors (Lipinski definition) is 2. The second-order valence-electron chi connectivity index (χ2n) is 3.90. The van der Waals surface area contributed by atoms with Gasteiger partial charge in [-0.3, -0.25) is 0 Å². The van der Waals surface area contributed by atoms with Gasteiger partial charge in [-0.1, -0.05) is 13.3 Å². The number of anilines is 1. The summed E-state index contributed by atoms with van der Waals surface area (Å²) in [5.41, 5.74) is 0.234. The van der Waals surface area contributed by atoms with E-state index in [-0.39, 0.29) is 5.69 Å². The van der Waals surface area contributed by atoms with Crippen molar-refractivity contribution in [2.75, 3.05) is 5.32 Å². The van der Waals surface area contributed by atoms with E-state index in [0.29, 0.717) is 17.3 Å². The Morgan fingerprint density at radius 1 is 1.47 bits per heavy atom. The number of rotatable bonds is 5. The highest BCUT2D eigenvalue weighted by Gasteiger charge is 2.19. The molecule has 0 aliphatic rings. The maximum Gasteiger partial charge on any atom is 0.326 e. The van der Waals surface area contributed by atoms with Crippen molar-refractivity contribution in [1.82, 2.24) is 5.32 Å². The van der Waals surface area contributed by atoms with Gasteiger partial charge in [-0.05, 0) is 40.5 Å². The monoisotopic (exact) mass is 332 g/mol. The molecule has 1 aromatic carbocycles. The van der Waals surface area contributed by atoms with Crippen LogP contribution in [0.25, 0.3) is 0 Å². The summed E-state index contributed by atoms with van der Waals surface area (Å²) in [4.78, 5) is 22.5. The van der Waals surface area contributed by atoms with Crippen LogP contribution in [-0.4, -0.2) is 23.1 Å². The largest absolute Gasteiger partial charge is 0.480 e. The number of nitrogens with one attached hydrogen (secondary N) is 2. The molecule has 2 amide bonds. The molecule has 1 unspecified atom stereocenters. The van der Waals surface area contributed by atoms with Gasteiger partial charge in [0.2, 0.25) is 0 Å². The molecular weight excluding hydrogens is 319 g/mol. The lowest BCUT2D eigenvalue weighted by atomic mass is 10.2. The summed E-state index contributed by atoms with van der Waals surface area (Å²) in [6.45, 7) is 1.82. The van der Waals surface area contributed by atoms with Gasteiger partial charge in [0.05, 0.1) is 5.69 Å². The number of aliphatic carboxylic acids is 1. The van der Waals surface area contributed by atoms with E-state index >= 15 is 0 Å². The maximum atomic E-state index is 13.0. The molecule has 104 valence electrons. The average Bonchev–Trinajstić information content (AvgIpc) is 2.33. The molecular formula is C12H14BrFN2O3. The van der Waals surface area contributed by atoms with Gasteiger partial charge in [-0.15, -0.1) is 0 Å². The Balaban J connectivity index is 2.68. The first-order chi connectivity index (χ1) is 8.93. The highest BCUT2D eigenvalue weighted by Crippen LogP contribution is 2.22. The van der Waals surface area contributed by atoms with Crippen LogP contribution in [0.5, 0.6) is 0 Å². The van der Waals surface area contributed by atoms with Crippen molar-refractivity contribution in [3.63, 3.8) is 0 Å². The van der Waals surface area contributed by atoms with Crippen molar-refractivity contribution in [3.8, 4) is 0 Å². The van der Waals surface area contributed by atoms with Crippen LogP contribution in [0.15, 0.2) is 22.7 Å². The van der Waals surface area contributed by atoms with E-state index in [0.717, 1.165) is 6.07 Å². The quantitative estimate of drug-likeness (QED) is 0.775. The van der Waals surface area contributed by atoms with Crippen LogP contribution in [0.1, 0.15) is 19.8 Å². The van der Waals surface area contributed by atoms with Crippen LogP contribution in [0.4, 0.5) is 14.9 Å². The van der Waals surface area contributed by atoms with E-state index in [1.807, 2.05) is 6.92 Å². The molecule has 0 aliphatic heterocycles. The van der Waals surface area contributed by atoms with Crippen LogP contribution in [0.3, 0.4) is 0 Å². The molecule has 0 heterocycles. The predicted octanol–water partition coefficient (Wildman–Crippen LogP) is 2.96. The second kappa shape index (κ2) is 7.08. The van der Waals surface area contributed by atoms with Crippen molar-refractivity contribution in [1.29, 1.82) is 0 Å². The fraction of sp³-hybridized carbons (Fsp3) is 0.333. The minimum absolute atomic E-state index is 0.234. The summed E-state index contributed by atoms with van der Waals surface area (Å²) >= 11 is 3.16. The first kappa shape index (κ1) is 15.4. The van der Waals surface area contributed by atoms with Gasteiger partial charge in [0.25, 0.3) is 0 Å². The van der Waals surface area contributed by atoms with E-state index < -0.39 is 23.9 Å². The standard InChI is InChI=1S/C12H14BrFN2O3/c1-2-3-9(11(17)18)15-12(19)16-10-6-7(14)4-5-8(10)13/h4-6,9H,2-3H2,1H3,(H,17,18)(H2,15,16,19). The highest BCUT2D eigenvalue weighted by atomic mass is 79.9. The van der Waals surface area contributed by atoms with Crippen molar-refractivity contribution in [2.24, 2.45) is 0 Å². The molecule has 1 aromatic rings. The van der Waals surface area contributed by atoms with E-state index in [1.54, 1.807) is 0 Å². The second-order valence-corrected chi connectivity index (χ2v) is 4.76. The third kappa shape index (κ3) is 4.86. The predicted molar refractivity (Wildman–Crippen MR) is 72.6 cm³/mol. The third-order valence-electron chi connectivity index (χ3n) is 2.36. The lowest BCUT2D eigenvalue weighted by Gasteiger charge is -2.14. The Kier molecular flexibility index (Phi) is 5.75. The maximum absolute atomic E-state index is 13.0. The Morgan fingerprint density at radius 3 is 2.74 bits per heavy atom. The van der Waals surface area contributed by atoms with E-state index in [1.165, 1.54) is 12.1 Å². The number of carboxylic acid groups (broad SMARTS) is 1. The summed E-state index contributed by atoms with van der Waals surface area (Å²) in [6, 6.07) is 2.18. The van der Waals surface area contributed by atoms with Crippen molar-refractivity contribution >= 4 is 33.6 Å². The van der Waals surface area contributed by atoms with Gasteiger partial charge < -0.3 is 15.7 Å². The molecule has 0 aromatic heterocycles. The summed E-state index contributed by atoms with van der Waals surface area (Å²) in [6.07, 6.45) is 0.952. The van der Waals surface area contributed by atoms with E-state index in [4.69, 9.17) is 5.11 Å². The summed E-state index contributed by atoms with van der Waals surface area (Å²) < 4.78 is 13.5. The highest BCUT2D eigenvalue weighted by molar-refractivity contribution is 9.10. The van der Waals surface area contributed by atoms with Crippen LogP contribution in [0.2, 0.25) is 0 Å².